The molecule has 0 aromatic carbocycles. The molecule has 0 radical (unpaired) electrons. The van der Waals surface area contributed by atoms with Crippen LogP contribution in [0.4, 0.5) is 0 Å². The first-order valence-electron chi connectivity index (χ1n) is 7.88. The molecule has 0 aliphatic rings. The van der Waals surface area contributed by atoms with Crippen molar-refractivity contribution in [3.8, 4) is 0 Å². The summed E-state index contributed by atoms with van der Waals surface area (Å²) in [5.74, 6) is 0.574. The summed E-state index contributed by atoms with van der Waals surface area (Å²) in [7, 11) is 0. The molecule has 0 atom stereocenters. The van der Waals surface area contributed by atoms with E-state index in [-0.39, 0.29) is 11.3 Å². The molecule has 5 heteroatoms. The lowest BCUT2D eigenvalue weighted by atomic mass is 9.92. The molecule has 1 N–H and O–H groups in total. The quantitative estimate of drug-likeness (QED) is 0.761. The highest BCUT2D eigenvalue weighted by Crippen LogP contribution is 2.16. The normalized spacial score (nSPS) is 11.9. The number of hydrogen-bond donors (Lipinski definition) is 1. The zero-order chi connectivity index (χ0) is 15.9. The number of carbonyl (C=O) groups excluding carboxylic acids is 1. The highest BCUT2D eigenvalue weighted by atomic mass is 16.5. The van der Waals surface area contributed by atoms with Crippen molar-refractivity contribution in [2.24, 2.45) is 5.41 Å². The third-order valence-electron chi connectivity index (χ3n) is 3.51. The van der Waals surface area contributed by atoms with Gasteiger partial charge in [-0.3, -0.25) is 4.79 Å². The fourth-order valence-corrected chi connectivity index (χ4v) is 2.32. The van der Waals surface area contributed by atoms with Crippen LogP contribution in [0.5, 0.6) is 0 Å². The van der Waals surface area contributed by atoms with Crippen molar-refractivity contribution in [1.29, 1.82) is 0 Å². The fraction of sp³-hybridized carbons (Fsp3) is 0.750. The minimum atomic E-state index is -0.162. The molecule has 0 saturated carbocycles. The average molecular weight is 295 g/mol. The van der Waals surface area contributed by atoms with Crippen molar-refractivity contribution >= 4 is 5.91 Å². The summed E-state index contributed by atoms with van der Waals surface area (Å²) in [4.78, 5) is 14.5. The van der Waals surface area contributed by atoms with Crippen LogP contribution < -0.4 is 5.32 Å². The number of aryl methyl sites for hydroxylation is 1. The second-order valence-electron chi connectivity index (χ2n) is 6.25. The van der Waals surface area contributed by atoms with E-state index in [1.165, 1.54) is 0 Å². The molecule has 0 bridgehead atoms. The average Bonchev–Trinajstić information content (AvgIpc) is 2.93. The summed E-state index contributed by atoms with van der Waals surface area (Å²) >= 11 is 0. The van der Waals surface area contributed by atoms with Crippen LogP contribution in [0.1, 0.15) is 57.3 Å². The highest BCUT2D eigenvalue weighted by molar-refractivity contribution is 5.92. The molecule has 21 heavy (non-hydrogen) atoms. The number of nitrogens with zero attached hydrogens (tertiary/aromatic N) is 2. The van der Waals surface area contributed by atoms with Crippen molar-refractivity contribution in [1.82, 2.24) is 15.4 Å². The summed E-state index contributed by atoms with van der Waals surface area (Å²) in [6, 6.07) is 1.71. The maximum Gasteiger partial charge on any atom is 0.273 e. The number of nitrogens with one attached hydrogen (secondary N) is 1. The molecule has 1 aromatic heterocycles. The molecule has 0 aliphatic carbocycles. The van der Waals surface area contributed by atoms with E-state index in [1.54, 1.807) is 6.07 Å². The van der Waals surface area contributed by atoms with E-state index >= 15 is 0 Å². The first-order chi connectivity index (χ1) is 9.91. The second kappa shape index (κ2) is 8.17. The van der Waals surface area contributed by atoms with Crippen molar-refractivity contribution in [3.63, 3.8) is 0 Å². The molecule has 1 amide bonds. The summed E-state index contributed by atoms with van der Waals surface area (Å²) in [6.07, 6.45) is 1.89. The Hall–Kier alpha value is -1.36. The number of rotatable bonds is 9. The third kappa shape index (κ3) is 5.87. The Balaban J connectivity index is 2.49. The van der Waals surface area contributed by atoms with Crippen LogP contribution in [0.15, 0.2) is 10.6 Å². The van der Waals surface area contributed by atoms with Gasteiger partial charge in [-0.05, 0) is 24.9 Å². The molecular formula is C16H29N3O2. The lowest BCUT2D eigenvalue weighted by Crippen LogP contribution is -2.42. The van der Waals surface area contributed by atoms with Gasteiger partial charge in [0.1, 0.15) is 5.76 Å². The summed E-state index contributed by atoms with van der Waals surface area (Å²) in [5.41, 5.74) is 0.390. The van der Waals surface area contributed by atoms with Crippen molar-refractivity contribution in [3.05, 3.63) is 17.5 Å². The van der Waals surface area contributed by atoms with Gasteiger partial charge in [-0.1, -0.05) is 39.8 Å². The molecule has 0 saturated heterocycles. The van der Waals surface area contributed by atoms with E-state index in [4.69, 9.17) is 4.52 Å². The van der Waals surface area contributed by atoms with Gasteiger partial charge in [0.25, 0.3) is 5.91 Å². The summed E-state index contributed by atoms with van der Waals surface area (Å²) in [5, 5.41) is 6.76. The molecule has 1 rings (SSSR count). The van der Waals surface area contributed by atoms with Gasteiger partial charge in [0, 0.05) is 25.6 Å². The van der Waals surface area contributed by atoms with Gasteiger partial charge in [-0.15, -0.1) is 0 Å². The van der Waals surface area contributed by atoms with Crippen LogP contribution in [0.25, 0.3) is 0 Å². The molecule has 0 fully saturated rings. The van der Waals surface area contributed by atoms with Gasteiger partial charge < -0.3 is 14.7 Å². The van der Waals surface area contributed by atoms with Gasteiger partial charge in [0.05, 0.1) is 0 Å². The Morgan fingerprint density at radius 1 is 1.38 bits per heavy atom. The molecule has 0 unspecified atom stereocenters. The number of hydrogen-bond acceptors (Lipinski definition) is 4. The van der Waals surface area contributed by atoms with E-state index < -0.39 is 0 Å². The second-order valence-corrected chi connectivity index (χ2v) is 6.25. The SMILES string of the molecule is CCCN(CC)CC(C)(C)CNC(=O)c1cc(CC)on1. The van der Waals surface area contributed by atoms with E-state index in [2.05, 4.69) is 43.1 Å². The zero-order valence-electron chi connectivity index (χ0n) is 14.0. The molecule has 0 aliphatic heterocycles. The lowest BCUT2D eigenvalue weighted by molar-refractivity contribution is 0.0913. The molecular weight excluding hydrogens is 266 g/mol. The predicted octanol–water partition coefficient (Wildman–Crippen LogP) is 2.72. The Morgan fingerprint density at radius 2 is 2.10 bits per heavy atom. The van der Waals surface area contributed by atoms with Gasteiger partial charge >= 0.3 is 0 Å². The zero-order valence-corrected chi connectivity index (χ0v) is 14.0. The van der Waals surface area contributed by atoms with E-state index in [9.17, 15) is 4.79 Å². The van der Waals surface area contributed by atoms with Crippen molar-refractivity contribution in [2.75, 3.05) is 26.2 Å². The Bertz CT molecular complexity index is 440. The minimum absolute atomic E-state index is 0.0260. The largest absolute Gasteiger partial charge is 0.361 e. The van der Waals surface area contributed by atoms with Crippen LogP contribution in [0, 0.1) is 5.41 Å². The van der Waals surface area contributed by atoms with Gasteiger partial charge in [0.2, 0.25) is 0 Å². The minimum Gasteiger partial charge on any atom is -0.361 e. The van der Waals surface area contributed by atoms with E-state index in [0.717, 1.165) is 38.2 Å². The van der Waals surface area contributed by atoms with Crippen LogP contribution in [0.3, 0.4) is 0 Å². The van der Waals surface area contributed by atoms with Crippen LogP contribution >= 0.6 is 0 Å². The number of carbonyl (C=O) groups is 1. The summed E-state index contributed by atoms with van der Waals surface area (Å²) in [6.45, 7) is 14.4. The first kappa shape index (κ1) is 17.7. The Kier molecular flexibility index (Phi) is 6.89. The van der Waals surface area contributed by atoms with Crippen molar-refractivity contribution in [2.45, 2.75) is 47.5 Å². The smallest absolute Gasteiger partial charge is 0.273 e. The maximum absolute atomic E-state index is 12.1. The predicted molar refractivity (Wildman–Crippen MR) is 84.4 cm³/mol. The fourth-order valence-electron chi connectivity index (χ4n) is 2.32. The van der Waals surface area contributed by atoms with E-state index in [0.29, 0.717) is 12.2 Å². The number of amides is 1. The molecule has 5 nitrogen and oxygen atoms in total. The molecule has 1 heterocycles. The monoisotopic (exact) mass is 295 g/mol. The van der Waals surface area contributed by atoms with Crippen molar-refractivity contribution < 1.29 is 9.32 Å². The molecule has 1 aromatic rings. The molecule has 120 valence electrons. The Morgan fingerprint density at radius 3 is 2.62 bits per heavy atom. The van der Waals surface area contributed by atoms with Crippen LogP contribution in [-0.2, 0) is 6.42 Å². The molecule has 0 spiro atoms. The standard InChI is InChI=1S/C16H29N3O2/c1-6-9-19(8-3)12-16(4,5)11-17-15(20)14-10-13(7-2)21-18-14/h10H,6-9,11-12H2,1-5H3,(H,17,20). The van der Waals surface area contributed by atoms with E-state index in [1.807, 2.05) is 6.92 Å². The topological polar surface area (TPSA) is 58.4 Å². The third-order valence-corrected chi connectivity index (χ3v) is 3.51. The number of aromatic nitrogens is 1. The Labute approximate surface area is 128 Å². The van der Waals surface area contributed by atoms with Crippen LogP contribution in [0.2, 0.25) is 0 Å². The van der Waals surface area contributed by atoms with Gasteiger partial charge in [0.15, 0.2) is 5.69 Å². The summed E-state index contributed by atoms with van der Waals surface area (Å²) < 4.78 is 5.06. The highest BCUT2D eigenvalue weighted by Gasteiger charge is 2.22. The van der Waals surface area contributed by atoms with Gasteiger partial charge in [-0.25, -0.2) is 0 Å². The lowest BCUT2D eigenvalue weighted by Gasteiger charge is -2.32. The van der Waals surface area contributed by atoms with Crippen LogP contribution in [-0.4, -0.2) is 42.1 Å². The maximum atomic E-state index is 12.1. The first-order valence-corrected chi connectivity index (χ1v) is 7.88. The van der Waals surface area contributed by atoms with Gasteiger partial charge in [-0.2, -0.15) is 0 Å².